The maximum absolute atomic E-state index is 9.42. The lowest BCUT2D eigenvalue weighted by molar-refractivity contribution is 0.0325. The third kappa shape index (κ3) is 4.73. The number of methoxy groups -OCH3 is 1. The van der Waals surface area contributed by atoms with E-state index in [1.165, 1.54) is 0 Å². The molecule has 0 aliphatic rings. The Bertz CT molecular complexity index is 313. The fraction of sp³-hybridized carbons (Fsp3) is 0.538. The molecular weight excluding hydrogens is 218 g/mol. The van der Waals surface area contributed by atoms with Gasteiger partial charge in [0.1, 0.15) is 18.5 Å². The summed E-state index contributed by atoms with van der Waals surface area (Å²) in [6.07, 6.45) is 0.310. The third-order valence-electron chi connectivity index (χ3n) is 2.55. The van der Waals surface area contributed by atoms with Crippen molar-refractivity contribution in [2.24, 2.45) is 5.73 Å². The molecule has 4 nitrogen and oxygen atoms in total. The molecule has 2 atom stereocenters. The van der Waals surface area contributed by atoms with E-state index in [0.29, 0.717) is 0 Å². The average Bonchev–Trinajstić information content (AvgIpc) is 2.36. The first-order valence-electron chi connectivity index (χ1n) is 5.82. The lowest BCUT2D eigenvalue weighted by Crippen LogP contribution is -2.22. The highest BCUT2D eigenvalue weighted by molar-refractivity contribution is 5.28. The number of ether oxygens (including phenoxy) is 2. The Morgan fingerprint density at radius 3 is 2.41 bits per heavy atom. The highest BCUT2D eigenvalue weighted by Gasteiger charge is 2.06. The molecule has 4 heteroatoms. The lowest BCUT2D eigenvalue weighted by Gasteiger charge is -2.13. The van der Waals surface area contributed by atoms with Crippen LogP contribution >= 0.6 is 0 Å². The van der Waals surface area contributed by atoms with Gasteiger partial charge in [-0.25, -0.2) is 0 Å². The van der Waals surface area contributed by atoms with Gasteiger partial charge in [0.2, 0.25) is 0 Å². The van der Waals surface area contributed by atoms with Gasteiger partial charge in [0.05, 0.1) is 6.61 Å². The Hall–Kier alpha value is -1.10. The normalized spacial score (nSPS) is 14.4. The molecule has 0 heterocycles. The molecule has 0 aliphatic carbocycles. The third-order valence-corrected chi connectivity index (χ3v) is 2.55. The molecule has 3 N–H and O–H groups in total. The molecule has 1 rings (SSSR count). The van der Waals surface area contributed by atoms with Crippen molar-refractivity contribution < 1.29 is 14.6 Å². The largest absolute Gasteiger partial charge is 0.491 e. The highest BCUT2D eigenvalue weighted by atomic mass is 16.5. The van der Waals surface area contributed by atoms with Crippen molar-refractivity contribution >= 4 is 0 Å². The molecule has 0 bridgehead atoms. The van der Waals surface area contributed by atoms with Crippen LogP contribution in [-0.2, 0) is 4.74 Å². The van der Waals surface area contributed by atoms with Gasteiger partial charge in [-0.3, -0.25) is 0 Å². The van der Waals surface area contributed by atoms with Gasteiger partial charge in [0, 0.05) is 13.2 Å². The zero-order valence-electron chi connectivity index (χ0n) is 10.4. The number of benzene rings is 1. The van der Waals surface area contributed by atoms with Crippen LogP contribution < -0.4 is 10.5 Å². The van der Waals surface area contributed by atoms with Crippen LogP contribution in [0.4, 0.5) is 0 Å². The first kappa shape index (κ1) is 14.0. The van der Waals surface area contributed by atoms with Crippen LogP contribution in [0.1, 0.15) is 24.9 Å². The maximum atomic E-state index is 9.42. The molecule has 0 aliphatic heterocycles. The summed E-state index contributed by atoms with van der Waals surface area (Å²) < 4.78 is 10.2. The van der Waals surface area contributed by atoms with Crippen LogP contribution in [0.3, 0.4) is 0 Å². The molecule has 17 heavy (non-hydrogen) atoms. The number of rotatable bonds is 7. The summed E-state index contributed by atoms with van der Waals surface area (Å²) in [6.45, 7) is 2.56. The van der Waals surface area contributed by atoms with Crippen molar-refractivity contribution in [2.45, 2.75) is 25.5 Å². The summed E-state index contributed by atoms with van der Waals surface area (Å²) in [6, 6.07) is 7.70. The summed E-state index contributed by atoms with van der Waals surface area (Å²) >= 11 is 0. The molecule has 1 aromatic carbocycles. The molecule has 1 aromatic rings. The predicted octanol–water partition coefficient (Wildman–Crippen LogP) is 1.48. The summed E-state index contributed by atoms with van der Waals surface area (Å²) in [7, 11) is 1.55. The number of hydrogen-bond donors (Lipinski definition) is 2. The van der Waals surface area contributed by atoms with Crippen LogP contribution in [0, 0.1) is 0 Å². The average molecular weight is 239 g/mol. The standard InChI is InChI=1S/C13H21NO3/c1-3-13(14)10-4-6-12(7-5-10)17-9-11(15)8-16-2/h4-7,11,13,15H,3,8-9,14H2,1-2H3/t11?,13-/m0/s1. The Labute approximate surface area is 102 Å². The smallest absolute Gasteiger partial charge is 0.119 e. The van der Waals surface area contributed by atoms with Gasteiger partial charge in [-0.1, -0.05) is 19.1 Å². The molecular formula is C13H21NO3. The van der Waals surface area contributed by atoms with Crippen LogP contribution in [0.15, 0.2) is 24.3 Å². The summed E-state index contributed by atoms with van der Waals surface area (Å²) in [5, 5.41) is 9.42. The zero-order valence-corrected chi connectivity index (χ0v) is 10.4. The summed E-state index contributed by atoms with van der Waals surface area (Å²) in [4.78, 5) is 0. The van der Waals surface area contributed by atoms with Crippen molar-refractivity contribution in [2.75, 3.05) is 20.3 Å². The van der Waals surface area contributed by atoms with E-state index in [0.717, 1.165) is 17.7 Å². The lowest BCUT2D eigenvalue weighted by atomic mass is 10.1. The molecule has 96 valence electrons. The number of hydrogen-bond acceptors (Lipinski definition) is 4. The van der Waals surface area contributed by atoms with Crippen molar-refractivity contribution in [3.05, 3.63) is 29.8 Å². The number of aliphatic hydroxyl groups excluding tert-OH is 1. The van der Waals surface area contributed by atoms with Gasteiger partial charge in [-0.05, 0) is 24.1 Å². The van der Waals surface area contributed by atoms with Crippen molar-refractivity contribution in [3.8, 4) is 5.75 Å². The highest BCUT2D eigenvalue weighted by Crippen LogP contribution is 2.18. The quantitative estimate of drug-likeness (QED) is 0.756. The van der Waals surface area contributed by atoms with Gasteiger partial charge >= 0.3 is 0 Å². The van der Waals surface area contributed by atoms with E-state index < -0.39 is 6.10 Å². The van der Waals surface area contributed by atoms with Crippen LogP contribution in [0.2, 0.25) is 0 Å². The SMILES string of the molecule is CC[C@H](N)c1ccc(OCC(O)COC)cc1. The Morgan fingerprint density at radius 1 is 1.24 bits per heavy atom. The number of nitrogens with two attached hydrogens (primary N) is 1. The van der Waals surface area contributed by atoms with E-state index in [2.05, 4.69) is 6.92 Å². The molecule has 0 spiro atoms. The molecule has 0 saturated carbocycles. The Morgan fingerprint density at radius 2 is 1.88 bits per heavy atom. The van der Waals surface area contributed by atoms with Crippen molar-refractivity contribution in [3.63, 3.8) is 0 Å². The Balaban J connectivity index is 2.45. The molecule has 0 amide bonds. The monoisotopic (exact) mass is 239 g/mol. The Kier molecular flexibility index (Phi) is 5.97. The van der Waals surface area contributed by atoms with E-state index >= 15 is 0 Å². The van der Waals surface area contributed by atoms with Crippen LogP contribution in [-0.4, -0.2) is 31.5 Å². The second-order valence-electron chi connectivity index (χ2n) is 4.00. The fourth-order valence-electron chi connectivity index (χ4n) is 1.48. The molecule has 1 unspecified atom stereocenters. The summed E-state index contributed by atoms with van der Waals surface area (Å²) in [5.41, 5.74) is 7.00. The fourth-order valence-corrected chi connectivity index (χ4v) is 1.48. The molecule has 0 saturated heterocycles. The van der Waals surface area contributed by atoms with Crippen LogP contribution in [0.5, 0.6) is 5.75 Å². The first-order valence-corrected chi connectivity index (χ1v) is 5.82. The topological polar surface area (TPSA) is 64.7 Å². The predicted molar refractivity (Wildman–Crippen MR) is 67.0 cm³/mol. The van der Waals surface area contributed by atoms with Crippen molar-refractivity contribution in [1.29, 1.82) is 0 Å². The second-order valence-corrected chi connectivity index (χ2v) is 4.00. The van der Waals surface area contributed by atoms with Crippen LogP contribution in [0.25, 0.3) is 0 Å². The minimum atomic E-state index is -0.599. The minimum absolute atomic E-state index is 0.0723. The summed E-state index contributed by atoms with van der Waals surface area (Å²) in [5.74, 6) is 0.729. The van der Waals surface area contributed by atoms with E-state index in [4.69, 9.17) is 15.2 Å². The van der Waals surface area contributed by atoms with Crippen molar-refractivity contribution in [1.82, 2.24) is 0 Å². The maximum Gasteiger partial charge on any atom is 0.119 e. The van der Waals surface area contributed by atoms with Gasteiger partial charge in [-0.15, -0.1) is 0 Å². The van der Waals surface area contributed by atoms with E-state index in [-0.39, 0.29) is 19.3 Å². The molecule has 0 radical (unpaired) electrons. The molecule has 0 fully saturated rings. The number of aliphatic hydroxyl groups is 1. The van der Waals surface area contributed by atoms with E-state index in [1.807, 2.05) is 24.3 Å². The second kappa shape index (κ2) is 7.27. The molecule has 0 aromatic heterocycles. The first-order chi connectivity index (χ1) is 8.17. The minimum Gasteiger partial charge on any atom is -0.491 e. The van der Waals surface area contributed by atoms with E-state index in [1.54, 1.807) is 7.11 Å². The van der Waals surface area contributed by atoms with Gasteiger partial charge in [-0.2, -0.15) is 0 Å². The van der Waals surface area contributed by atoms with Gasteiger partial charge < -0.3 is 20.3 Å². The van der Waals surface area contributed by atoms with E-state index in [9.17, 15) is 5.11 Å². The van der Waals surface area contributed by atoms with Gasteiger partial charge in [0.25, 0.3) is 0 Å². The zero-order chi connectivity index (χ0) is 12.7. The van der Waals surface area contributed by atoms with Gasteiger partial charge in [0.15, 0.2) is 0 Å².